The van der Waals surface area contributed by atoms with Crippen LogP contribution in [-0.4, -0.2) is 25.4 Å². The third kappa shape index (κ3) is 3.93. The molecule has 0 bridgehead atoms. The summed E-state index contributed by atoms with van der Waals surface area (Å²) in [5.74, 6) is 0.496. The zero-order chi connectivity index (χ0) is 19.9. The van der Waals surface area contributed by atoms with Crippen LogP contribution < -0.4 is 10.0 Å². The minimum atomic E-state index is -3.53. The number of carbonyl (C=O) groups excluding carboxylic acids is 1. The first-order valence-electron chi connectivity index (χ1n) is 9.16. The molecule has 28 heavy (non-hydrogen) atoms. The Kier molecular flexibility index (Phi) is 4.68. The quantitative estimate of drug-likeness (QED) is 0.659. The normalized spacial score (nSPS) is 14.5. The molecular weight excluding hydrogens is 378 g/mol. The van der Waals surface area contributed by atoms with Crippen LogP contribution in [0.3, 0.4) is 0 Å². The lowest BCUT2D eigenvalue weighted by Gasteiger charge is -2.08. The topological polar surface area (TPSA) is 101 Å². The molecule has 1 amide bonds. The van der Waals surface area contributed by atoms with E-state index in [0.29, 0.717) is 28.2 Å². The van der Waals surface area contributed by atoms with Gasteiger partial charge in [-0.15, -0.1) is 0 Å². The molecule has 1 aliphatic rings. The Hall–Kier alpha value is -2.71. The minimum absolute atomic E-state index is 0.0376. The van der Waals surface area contributed by atoms with Crippen molar-refractivity contribution in [2.24, 2.45) is 0 Å². The highest BCUT2D eigenvalue weighted by molar-refractivity contribution is 7.89. The number of nitrogens with zero attached hydrogens (tertiary/aromatic N) is 1. The molecule has 146 valence electrons. The van der Waals surface area contributed by atoms with Crippen molar-refractivity contribution in [3.05, 3.63) is 53.9 Å². The van der Waals surface area contributed by atoms with Gasteiger partial charge in [-0.05, 0) is 55.3 Å². The lowest BCUT2D eigenvalue weighted by Crippen LogP contribution is -2.25. The molecule has 1 aliphatic carbocycles. The number of rotatable bonds is 6. The summed E-state index contributed by atoms with van der Waals surface area (Å²) in [5.41, 5.74) is 2.30. The lowest BCUT2D eigenvalue weighted by molar-refractivity contribution is 0.102. The van der Waals surface area contributed by atoms with Gasteiger partial charge in [0.25, 0.3) is 5.91 Å². The Morgan fingerprint density at radius 2 is 1.86 bits per heavy atom. The number of hydrogen-bond acceptors (Lipinski definition) is 5. The highest BCUT2D eigenvalue weighted by atomic mass is 32.2. The molecular formula is C20H21N3O4S. The third-order valence-corrected chi connectivity index (χ3v) is 6.02. The maximum absolute atomic E-state index is 12.5. The average molecular weight is 399 g/mol. The first-order valence-corrected chi connectivity index (χ1v) is 10.6. The van der Waals surface area contributed by atoms with Crippen molar-refractivity contribution in [1.82, 2.24) is 9.71 Å². The maximum Gasteiger partial charge on any atom is 0.255 e. The second-order valence-electron chi connectivity index (χ2n) is 7.26. The molecule has 1 aromatic heterocycles. The Labute approximate surface area is 163 Å². The van der Waals surface area contributed by atoms with E-state index in [0.717, 1.165) is 12.8 Å². The van der Waals surface area contributed by atoms with E-state index in [1.807, 2.05) is 13.8 Å². The Bertz CT molecular complexity index is 1130. The number of carbonyl (C=O) groups is 1. The molecule has 0 atom stereocenters. The Balaban J connectivity index is 1.49. The van der Waals surface area contributed by atoms with E-state index in [1.165, 1.54) is 24.3 Å². The number of amides is 1. The number of aromatic nitrogens is 1. The van der Waals surface area contributed by atoms with E-state index in [-0.39, 0.29) is 22.8 Å². The molecule has 1 heterocycles. The molecule has 2 N–H and O–H groups in total. The average Bonchev–Trinajstić information content (AvgIpc) is 3.35. The van der Waals surface area contributed by atoms with Gasteiger partial charge in [0.15, 0.2) is 11.5 Å². The zero-order valence-corrected chi connectivity index (χ0v) is 16.4. The van der Waals surface area contributed by atoms with Crippen molar-refractivity contribution < 1.29 is 17.6 Å². The van der Waals surface area contributed by atoms with Crippen molar-refractivity contribution in [3.63, 3.8) is 0 Å². The van der Waals surface area contributed by atoms with Gasteiger partial charge in [0, 0.05) is 23.2 Å². The van der Waals surface area contributed by atoms with Gasteiger partial charge in [0.1, 0.15) is 5.52 Å². The third-order valence-electron chi connectivity index (χ3n) is 4.48. The summed E-state index contributed by atoms with van der Waals surface area (Å²) in [6.07, 6.45) is 1.74. The van der Waals surface area contributed by atoms with E-state index in [9.17, 15) is 13.2 Å². The van der Waals surface area contributed by atoms with E-state index in [4.69, 9.17) is 4.42 Å². The SMILES string of the molecule is CC(C)c1nc2cc(NC(=O)c3ccc(S(=O)(=O)NC4CC4)cc3)ccc2o1. The summed E-state index contributed by atoms with van der Waals surface area (Å²) >= 11 is 0. The van der Waals surface area contributed by atoms with Gasteiger partial charge in [-0.2, -0.15) is 0 Å². The summed E-state index contributed by atoms with van der Waals surface area (Å²) in [7, 11) is -3.53. The number of anilines is 1. The van der Waals surface area contributed by atoms with Crippen molar-refractivity contribution in [1.29, 1.82) is 0 Å². The van der Waals surface area contributed by atoms with Crippen LogP contribution in [0.25, 0.3) is 11.1 Å². The highest BCUT2D eigenvalue weighted by Crippen LogP contribution is 2.25. The van der Waals surface area contributed by atoms with Crippen molar-refractivity contribution in [3.8, 4) is 0 Å². The smallest absolute Gasteiger partial charge is 0.255 e. The fraction of sp³-hybridized carbons (Fsp3) is 0.300. The van der Waals surface area contributed by atoms with Gasteiger partial charge in [-0.25, -0.2) is 18.1 Å². The molecule has 0 aliphatic heterocycles. The number of hydrogen-bond donors (Lipinski definition) is 2. The van der Waals surface area contributed by atoms with Crippen molar-refractivity contribution in [2.45, 2.75) is 43.5 Å². The highest BCUT2D eigenvalue weighted by Gasteiger charge is 2.28. The number of nitrogens with one attached hydrogen (secondary N) is 2. The van der Waals surface area contributed by atoms with E-state index in [2.05, 4.69) is 15.0 Å². The van der Waals surface area contributed by atoms with Gasteiger partial charge in [0.05, 0.1) is 4.90 Å². The Morgan fingerprint density at radius 3 is 2.50 bits per heavy atom. The fourth-order valence-electron chi connectivity index (χ4n) is 2.75. The standard InChI is InChI=1S/C20H21N3O4S/c1-12(2)20-22-17-11-15(7-10-18(17)27-20)21-19(24)13-3-8-16(9-4-13)28(25,26)23-14-5-6-14/h3-4,7-12,14,23H,5-6H2,1-2H3,(H,21,24). The van der Waals surface area contributed by atoms with E-state index in [1.54, 1.807) is 18.2 Å². The van der Waals surface area contributed by atoms with E-state index < -0.39 is 10.0 Å². The second-order valence-corrected chi connectivity index (χ2v) is 8.98. The minimum Gasteiger partial charge on any atom is -0.440 e. The van der Waals surface area contributed by atoms with Gasteiger partial charge >= 0.3 is 0 Å². The van der Waals surface area contributed by atoms with Crippen LogP contribution in [0.5, 0.6) is 0 Å². The maximum atomic E-state index is 12.5. The van der Waals surface area contributed by atoms with Gasteiger partial charge in [-0.3, -0.25) is 4.79 Å². The number of oxazole rings is 1. The predicted octanol–water partition coefficient (Wildman–Crippen LogP) is 3.64. The molecule has 7 nitrogen and oxygen atoms in total. The summed E-state index contributed by atoms with van der Waals surface area (Å²) in [4.78, 5) is 17.1. The predicted molar refractivity (Wildman–Crippen MR) is 106 cm³/mol. The van der Waals surface area contributed by atoms with Gasteiger partial charge in [-0.1, -0.05) is 13.8 Å². The summed E-state index contributed by atoms with van der Waals surface area (Å²) < 4.78 is 32.7. The van der Waals surface area contributed by atoms with Crippen molar-refractivity contribution in [2.75, 3.05) is 5.32 Å². The van der Waals surface area contributed by atoms with Crippen LogP contribution in [0, 0.1) is 0 Å². The van der Waals surface area contributed by atoms with Crippen molar-refractivity contribution >= 4 is 32.7 Å². The molecule has 2 aromatic carbocycles. The molecule has 1 saturated carbocycles. The molecule has 1 fully saturated rings. The molecule has 0 radical (unpaired) electrons. The van der Waals surface area contributed by atoms with E-state index >= 15 is 0 Å². The number of fused-ring (bicyclic) bond motifs is 1. The summed E-state index contributed by atoms with van der Waals surface area (Å²) in [5, 5.41) is 2.80. The zero-order valence-electron chi connectivity index (χ0n) is 15.6. The largest absolute Gasteiger partial charge is 0.440 e. The van der Waals surface area contributed by atoms with Crippen LogP contribution in [-0.2, 0) is 10.0 Å². The van der Waals surface area contributed by atoms with Crippen LogP contribution in [0.2, 0.25) is 0 Å². The monoisotopic (exact) mass is 399 g/mol. The molecule has 3 aromatic rings. The number of sulfonamides is 1. The first kappa shape index (κ1) is 18.6. The molecule has 8 heteroatoms. The van der Waals surface area contributed by atoms with Crippen LogP contribution in [0.15, 0.2) is 51.8 Å². The van der Waals surface area contributed by atoms with Crippen LogP contribution in [0.4, 0.5) is 5.69 Å². The van der Waals surface area contributed by atoms with Gasteiger partial charge in [0.2, 0.25) is 10.0 Å². The first-order chi connectivity index (χ1) is 13.3. The second kappa shape index (κ2) is 7.03. The summed E-state index contributed by atoms with van der Waals surface area (Å²) in [6.45, 7) is 3.99. The number of benzene rings is 2. The van der Waals surface area contributed by atoms with Gasteiger partial charge < -0.3 is 9.73 Å². The molecule has 0 unspecified atom stereocenters. The molecule has 0 spiro atoms. The molecule has 4 rings (SSSR count). The fourth-order valence-corrected chi connectivity index (χ4v) is 4.05. The van der Waals surface area contributed by atoms with Crippen LogP contribution >= 0.6 is 0 Å². The Morgan fingerprint density at radius 1 is 1.14 bits per heavy atom. The lowest BCUT2D eigenvalue weighted by atomic mass is 10.2. The summed E-state index contributed by atoms with van der Waals surface area (Å²) in [6, 6.07) is 11.2. The van der Waals surface area contributed by atoms with Crippen LogP contribution in [0.1, 0.15) is 48.9 Å². The molecule has 0 saturated heterocycles.